The first-order chi connectivity index (χ1) is 18.3. The summed E-state index contributed by atoms with van der Waals surface area (Å²) in [6, 6.07) is 13.3. The van der Waals surface area contributed by atoms with Crippen molar-refractivity contribution in [3.05, 3.63) is 92.0 Å². The first-order valence-electron chi connectivity index (χ1n) is 11.6. The number of halogens is 1. The van der Waals surface area contributed by atoms with Crippen LogP contribution in [0.4, 0.5) is 5.69 Å². The van der Waals surface area contributed by atoms with Crippen molar-refractivity contribution in [1.82, 2.24) is 4.90 Å². The molecular weight excluding hydrogens is 516 g/mol. The van der Waals surface area contributed by atoms with Crippen LogP contribution >= 0.6 is 11.6 Å². The van der Waals surface area contributed by atoms with E-state index in [1.165, 1.54) is 37.3 Å². The number of carbonyl (C=O) groups is 2. The van der Waals surface area contributed by atoms with Crippen LogP contribution in [0.1, 0.15) is 37.9 Å². The van der Waals surface area contributed by atoms with Crippen LogP contribution in [0.25, 0.3) is 0 Å². The number of benzene rings is 3. The second kappa shape index (κ2) is 11.4. The Balaban J connectivity index is 1.72. The summed E-state index contributed by atoms with van der Waals surface area (Å²) < 4.78 is 21.7. The second-order valence-electron chi connectivity index (χ2n) is 8.42. The van der Waals surface area contributed by atoms with Gasteiger partial charge >= 0.3 is 5.97 Å². The molecule has 0 N–H and O–H groups in total. The highest BCUT2D eigenvalue weighted by Crippen LogP contribution is 2.39. The van der Waals surface area contributed by atoms with Crippen molar-refractivity contribution in [3.63, 3.8) is 0 Å². The zero-order valence-corrected chi connectivity index (χ0v) is 21.7. The summed E-state index contributed by atoms with van der Waals surface area (Å²) in [5, 5.41) is 11.9. The van der Waals surface area contributed by atoms with E-state index in [0.717, 1.165) is 11.1 Å². The summed E-state index contributed by atoms with van der Waals surface area (Å²) in [7, 11) is 4.35. The fourth-order valence-corrected chi connectivity index (χ4v) is 4.60. The predicted octanol–water partition coefficient (Wildman–Crippen LogP) is 4.87. The maximum atomic E-state index is 13.7. The molecule has 0 saturated heterocycles. The van der Waals surface area contributed by atoms with Gasteiger partial charge in [-0.2, -0.15) is 0 Å². The van der Waals surface area contributed by atoms with Gasteiger partial charge in [0, 0.05) is 17.6 Å². The molecular formula is C27H25ClN2O8. The van der Waals surface area contributed by atoms with Crippen molar-refractivity contribution in [1.29, 1.82) is 0 Å². The third-order valence-corrected chi connectivity index (χ3v) is 6.57. The number of nitro groups is 1. The van der Waals surface area contributed by atoms with Crippen LogP contribution < -0.4 is 14.2 Å². The maximum Gasteiger partial charge on any atom is 0.337 e. The Bertz CT molecular complexity index is 1380. The minimum atomic E-state index is -0.620. The van der Waals surface area contributed by atoms with E-state index in [2.05, 4.69) is 0 Å². The Kier molecular flexibility index (Phi) is 8.02. The largest absolute Gasteiger partial charge is 0.493 e. The number of fused-ring (bicyclic) bond motifs is 1. The molecule has 0 fully saturated rings. The average molecular weight is 541 g/mol. The van der Waals surface area contributed by atoms with E-state index in [-0.39, 0.29) is 29.4 Å². The monoisotopic (exact) mass is 540 g/mol. The molecule has 3 aromatic rings. The van der Waals surface area contributed by atoms with Gasteiger partial charge in [0.25, 0.3) is 11.6 Å². The number of carbonyl (C=O) groups excluding carboxylic acids is 2. The van der Waals surface area contributed by atoms with Gasteiger partial charge in [0.1, 0.15) is 17.9 Å². The third-order valence-electron chi connectivity index (χ3n) is 6.33. The SMILES string of the molecule is COC(=O)c1ccc(OCC2c3cc(OC)c(OC)cc3CCN2C(=O)c2cc(Cl)ccc2[N+](=O)[O-])cc1. The molecule has 1 amide bonds. The van der Waals surface area contributed by atoms with Crippen molar-refractivity contribution >= 4 is 29.2 Å². The first-order valence-corrected chi connectivity index (χ1v) is 12.0. The van der Waals surface area contributed by atoms with Gasteiger partial charge in [-0.15, -0.1) is 0 Å². The van der Waals surface area contributed by atoms with Crippen LogP contribution in [0.15, 0.2) is 54.6 Å². The Morgan fingerprint density at radius 3 is 2.34 bits per heavy atom. The lowest BCUT2D eigenvalue weighted by atomic mass is 9.91. The zero-order valence-electron chi connectivity index (χ0n) is 20.9. The number of ether oxygens (including phenoxy) is 4. The number of hydrogen-bond acceptors (Lipinski definition) is 8. The molecule has 1 unspecified atom stereocenters. The molecule has 10 nitrogen and oxygen atoms in total. The smallest absolute Gasteiger partial charge is 0.337 e. The van der Waals surface area contributed by atoms with Gasteiger partial charge in [-0.25, -0.2) is 4.79 Å². The van der Waals surface area contributed by atoms with Crippen LogP contribution in [-0.4, -0.2) is 56.2 Å². The molecule has 0 aromatic heterocycles. The third kappa shape index (κ3) is 5.35. The summed E-state index contributed by atoms with van der Waals surface area (Å²) in [4.78, 5) is 38.1. The van der Waals surface area contributed by atoms with E-state index in [9.17, 15) is 19.7 Å². The number of hydrogen-bond donors (Lipinski definition) is 0. The highest BCUT2D eigenvalue weighted by atomic mass is 35.5. The van der Waals surface area contributed by atoms with Crippen LogP contribution in [0.3, 0.4) is 0 Å². The lowest BCUT2D eigenvalue weighted by Crippen LogP contribution is -2.42. The Morgan fingerprint density at radius 1 is 1.03 bits per heavy atom. The fourth-order valence-electron chi connectivity index (χ4n) is 4.42. The van der Waals surface area contributed by atoms with Crippen molar-refractivity contribution in [2.24, 2.45) is 0 Å². The number of nitrogens with zero attached hydrogens (tertiary/aromatic N) is 2. The van der Waals surface area contributed by atoms with E-state index in [1.54, 1.807) is 37.4 Å². The van der Waals surface area contributed by atoms with Crippen LogP contribution in [0, 0.1) is 10.1 Å². The lowest BCUT2D eigenvalue weighted by molar-refractivity contribution is -0.385. The van der Waals surface area contributed by atoms with E-state index in [4.69, 9.17) is 30.5 Å². The van der Waals surface area contributed by atoms with Crippen LogP contribution in [0.2, 0.25) is 5.02 Å². The molecule has 0 saturated carbocycles. The molecule has 1 atom stereocenters. The number of amides is 1. The van der Waals surface area contributed by atoms with Crippen LogP contribution in [-0.2, 0) is 11.2 Å². The summed E-state index contributed by atoms with van der Waals surface area (Å²) in [5.41, 5.74) is 1.61. The van der Waals surface area contributed by atoms with Gasteiger partial charge in [0.15, 0.2) is 11.5 Å². The molecule has 11 heteroatoms. The second-order valence-corrected chi connectivity index (χ2v) is 8.85. The molecule has 1 aliphatic rings. The normalized spacial score (nSPS) is 14.3. The van der Waals surface area contributed by atoms with Gasteiger partial charge in [-0.1, -0.05) is 11.6 Å². The minimum Gasteiger partial charge on any atom is -0.493 e. The number of nitro benzene ring substituents is 1. The Labute approximate surface area is 223 Å². The first kappa shape index (κ1) is 26.7. The average Bonchev–Trinajstić information content (AvgIpc) is 2.94. The summed E-state index contributed by atoms with van der Waals surface area (Å²) in [6.45, 7) is 0.306. The Hall–Kier alpha value is -4.31. The minimum absolute atomic E-state index is 0.0279. The molecule has 1 aliphatic heterocycles. The van der Waals surface area contributed by atoms with Gasteiger partial charge in [0.2, 0.25) is 0 Å². The molecule has 0 radical (unpaired) electrons. The molecule has 0 spiro atoms. The Morgan fingerprint density at radius 2 is 1.71 bits per heavy atom. The van der Waals surface area contributed by atoms with E-state index < -0.39 is 22.8 Å². The summed E-state index contributed by atoms with van der Waals surface area (Å²) in [6.07, 6.45) is 0.486. The molecule has 0 aliphatic carbocycles. The van der Waals surface area contributed by atoms with Crippen molar-refractivity contribution in [2.45, 2.75) is 12.5 Å². The number of rotatable bonds is 8. The summed E-state index contributed by atoms with van der Waals surface area (Å²) >= 11 is 6.10. The molecule has 4 rings (SSSR count). The molecule has 0 bridgehead atoms. The standard InChI is InChI=1S/C27H25ClN2O8/c1-35-24-12-17-10-11-29(26(31)21-13-18(28)6-9-22(21)30(33)34)23(20(17)14-25(24)36-2)15-38-19-7-4-16(5-8-19)27(32)37-3/h4-9,12-14,23H,10-11,15H2,1-3H3. The van der Waals surface area contributed by atoms with Gasteiger partial charge < -0.3 is 23.8 Å². The topological polar surface area (TPSA) is 117 Å². The molecule has 198 valence electrons. The fraction of sp³-hybridized carbons (Fsp3) is 0.259. The highest BCUT2D eigenvalue weighted by Gasteiger charge is 2.36. The molecule has 1 heterocycles. The molecule has 38 heavy (non-hydrogen) atoms. The van der Waals surface area contributed by atoms with Gasteiger partial charge in [-0.3, -0.25) is 14.9 Å². The molecule has 3 aromatic carbocycles. The van der Waals surface area contributed by atoms with Crippen LogP contribution in [0.5, 0.6) is 17.2 Å². The number of esters is 1. The van der Waals surface area contributed by atoms with E-state index in [0.29, 0.717) is 29.2 Å². The highest BCUT2D eigenvalue weighted by molar-refractivity contribution is 6.31. The number of methoxy groups -OCH3 is 3. The van der Waals surface area contributed by atoms with Crippen molar-refractivity contribution in [3.8, 4) is 17.2 Å². The quantitative estimate of drug-likeness (QED) is 0.225. The summed E-state index contributed by atoms with van der Waals surface area (Å²) in [5.74, 6) is 0.468. The van der Waals surface area contributed by atoms with Crippen molar-refractivity contribution in [2.75, 3.05) is 34.5 Å². The van der Waals surface area contributed by atoms with Gasteiger partial charge in [-0.05, 0) is 66.1 Å². The lowest BCUT2D eigenvalue weighted by Gasteiger charge is -2.37. The van der Waals surface area contributed by atoms with Crippen molar-refractivity contribution < 1.29 is 33.5 Å². The maximum absolute atomic E-state index is 13.7. The zero-order chi connectivity index (χ0) is 27.4. The van der Waals surface area contributed by atoms with E-state index >= 15 is 0 Å². The van der Waals surface area contributed by atoms with E-state index in [1.807, 2.05) is 6.07 Å². The van der Waals surface area contributed by atoms with Gasteiger partial charge in [0.05, 0.1) is 37.9 Å². The predicted molar refractivity (Wildman–Crippen MR) is 138 cm³/mol.